The van der Waals surface area contributed by atoms with Crippen LogP contribution >= 0.6 is 27.7 Å². The van der Waals surface area contributed by atoms with E-state index in [1.807, 2.05) is 37.3 Å². The highest BCUT2D eigenvalue weighted by atomic mass is 79.9. The molecule has 4 unspecified atom stereocenters. The summed E-state index contributed by atoms with van der Waals surface area (Å²) < 4.78 is 25.2. The molecule has 166 valence electrons. The fourth-order valence-corrected chi connectivity index (χ4v) is 5.43. The van der Waals surface area contributed by atoms with E-state index >= 15 is 0 Å². The lowest BCUT2D eigenvalue weighted by molar-refractivity contribution is -0.300. The number of thioether (sulfide) groups is 1. The van der Waals surface area contributed by atoms with Gasteiger partial charge in [-0.05, 0) is 34.5 Å². The first-order chi connectivity index (χ1) is 15.6. The van der Waals surface area contributed by atoms with Crippen LogP contribution in [0.1, 0.15) is 24.5 Å². The maximum absolute atomic E-state index is 9.45. The number of hydrogen-bond acceptors (Lipinski definition) is 8. The Labute approximate surface area is 197 Å². The second kappa shape index (κ2) is 10.6. The smallest absolute Gasteiger partial charge is 0.184 e. The number of fused-ring (bicyclic) bond motifs is 1. The van der Waals surface area contributed by atoms with E-state index in [9.17, 15) is 10.8 Å². The SMILES string of the molecule is CCOC1C(N=[N+]=[N-])[C@H]2OC(c3ccccc3)OCC2O[C@@H]1Sc1cc(Br)cnc1C#N. The predicted octanol–water partition coefficient (Wildman–Crippen LogP) is 4.73. The van der Waals surface area contributed by atoms with Crippen LogP contribution in [0.5, 0.6) is 0 Å². The number of azide groups is 1. The molecule has 4 rings (SSSR count). The largest absolute Gasteiger partial charge is 0.374 e. The first kappa shape index (κ1) is 23.0. The number of ether oxygens (including phenoxy) is 4. The van der Waals surface area contributed by atoms with Crippen LogP contribution in [0.4, 0.5) is 0 Å². The maximum atomic E-state index is 9.45. The van der Waals surface area contributed by atoms with Crippen molar-refractivity contribution in [3.05, 3.63) is 68.8 Å². The van der Waals surface area contributed by atoms with Crippen LogP contribution in [0, 0.1) is 11.3 Å². The fourth-order valence-electron chi connectivity index (χ4n) is 3.72. The van der Waals surface area contributed by atoms with Crippen molar-refractivity contribution in [1.29, 1.82) is 5.26 Å². The minimum absolute atomic E-state index is 0.263. The number of nitrogens with zero attached hydrogens (tertiary/aromatic N) is 5. The molecule has 2 saturated heterocycles. The van der Waals surface area contributed by atoms with Crippen molar-refractivity contribution in [3.8, 4) is 6.07 Å². The number of halogens is 1. The average molecular weight is 518 g/mol. The van der Waals surface area contributed by atoms with Gasteiger partial charge in [0.2, 0.25) is 0 Å². The zero-order chi connectivity index (χ0) is 22.5. The van der Waals surface area contributed by atoms with Crippen LogP contribution in [-0.2, 0) is 18.9 Å². The summed E-state index contributed by atoms with van der Waals surface area (Å²) >= 11 is 4.70. The van der Waals surface area contributed by atoms with Gasteiger partial charge < -0.3 is 18.9 Å². The summed E-state index contributed by atoms with van der Waals surface area (Å²) in [5, 5.41) is 13.5. The molecule has 11 heteroatoms. The van der Waals surface area contributed by atoms with Crippen molar-refractivity contribution >= 4 is 27.7 Å². The molecule has 2 fully saturated rings. The van der Waals surface area contributed by atoms with E-state index in [2.05, 4.69) is 37.0 Å². The quantitative estimate of drug-likeness (QED) is 0.308. The summed E-state index contributed by atoms with van der Waals surface area (Å²) in [5.41, 5.74) is 9.87. The molecule has 32 heavy (non-hydrogen) atoms. The van der Waals surface area contributed by atoms with Gasteiger partial charge in [0.25, 0.3) is 0 Å². The molecule has 2 aromatic rings. The lowest BCUT2D eigenvalue weighted by Gasteiger charge is -2.48. The molecule has 2 aliphatic heterocycles. The van der Waals surface area contributed by atoms with Crippen molar-refractivity contribution < 1.29 is 18.9 Å². The van der Waals surface area contributed by atoms with Gasteiger partial charge in [-0.2, -0.15) is 5.26 Å². The molecule has 2 aliphatic rings. The summed E-state index contributed by atoms with van der Waals surface area (Å²) in [4.78, 5) is 7.85. The Kier molecular flexibility index (Phi) is 7.65. The van der Waals surface area contributed by atoms with Gasteiger partial charge in [-0.15, -0.1) is 0 Å². The summed E-state index contributed by atoms with van der Waals surface area (Å²) in [6, 6.07) is 12.8. The van der Waals surface area contributed by atoms with Crippen LogP contribution in [0.25, 0.3) is 10.4 Å². The topological polar surface area (TPSA) is 122 Å². The van der Waals surface area contributed by atoms with Crippen LogP contribution in [0.3, 0.4) is 0 Å². The molecular weight excluding hydrogens is 498 g/mol. The molecule has 0 saturated carbocycles. The van der Waals surface area contributed by atoms with E-state index in [0.717, 1.165) is 10.0 Å². The van der Waals surface area contributed by atoms with Crippen molar-refractivity contribution in [1.82, 2.24) is 4.98 Å². The number of aromatic nitrogens is 1. The normalized spacial score (nSPS) is 29.4. The van der Waals surface area contributed by atoms with Crippen molar-refractivity contribution in [3.63, 3.8) is 0 Å². The summed E-state index contributed by atoms with van der Waals surface area (Å²) in [6.45, 7) is 2.51. The molecule has 0 N–H and O–H groups in total. The number of benzene rings is 1. The minimum Gasteiger partial charge on any atom is -0.374 e. The number of hydrogen-bond donors (Lipinski definition) is 0. The lowest BCUT2D eigenvalue weighted by atomic mass is 9.96. The molecule has 1 aromatic heterocycles. The molecule has 9 nitrogen and oxygen atoms in total. The van der Waals surface area contributed by atoms with Gasteiger partial charge in [0.1, 0.15) is 29.8 Å². The molecule has 0 aliphatic carbocycles. The predicted molar refractivity (Wildman–Crippen MR) is 120 cm³/mol. The average Bonchev–Trinajstić information content (AvgIpc) is 2.82. The fraction of sp³-hybridized carbons (Fsp3) is 0.429. The summed E-state index contributed by atoms with van der Waals surface area (Å²) in [6.07, 6.45) is -0.638. The van der Waals surface area contributed by atoms with E-state index in [4.69, 9.17) is 18.9 Å². The highest BCUT2D eigenvalue weighted by Gasteiger charge is 2.50. The maximum Gasteiger partial charge on any atom is 0.184 e. The Hall–Kier alpha value is -2.16. The zero-order valence-electron chi connectivity index (χ0n) is 17.1. The Morgan fingerprint density at radius 1 is 1.38 bits per heavy atom. The van der Waals surface area contributed by atoms with E-state index in [1.165, 1.54) is 11.8 Å². The van der Waals surface area contributed by atoms with Gasteiger partial charge in [0.05, 0.1) is 12.6 Å². The summed E-state index contributed by atoms with van der Waals surface area (Å²) in [5.74, 6) is 0. The molecule has 0 radical (unpaired) electrons. The number of pyridine rings is 1. The van der Waals surface area contributed by atoms with Crippen molar-refractivity contribution in [2.75, 3.05) is 13.2 Å². The molecule has 0 spiro atoms. The minimum atomic E-state index is -0.642. The Morgan fingerprint density at radius 3 is 2.91 bits per heavy atom. The van der Waals surface area contributed by atoms with Gasteiger partial charge >= 0.3 is 0 Å². The van der Waals surface area contributed by atoms with E-state index in [0.29, 0.717) is 11.5 Å². The highest BCUT2D eigenvalue weighted by Crippen LogP contribution is 2.42. The van der Waals surface area contributed by atoms with Gasteiger partial charge in [0, 0.05) is 32.6 Å². The molecule has 6 atom stereocenters. The molecule has 3 heterocycles. The first-order valence-corrected chi connectivity index (χ1v) is 11.7. The summed E-state index contributed by atoms with van der Waals surface area (Å²) in [7, 11) is 0. The van der Waals surface area contributed by atoms with Gasteiger partial charge in [-0.3, -0.25) is 0 Å². The Morgan fingerprint density at radius 2 is 2.19 bits per heavy atom. The van der Waals surface area contributed by atoms with Gasteiger partial charge in [-0.1, -0.05) is 47.2 Å². The molecule has 1 aromatic carbocycles. The van der Waals surface area contributed by atoms with E-state index in [1.54, 1.807) is 12.3 Å². The third kappa shape index (κ3) is 4.92. The van der Waals surface area contributed by atoms with E-state index < -0.39 is 36.1 Å². The zero-order valence-corrected chi connectivity index (χ0v) is 19.5. The Balaban J connectivity index is 1.62. The molecule has 0 bridgehead atoms. The molecule has 0 amide bonds. The van der Waals surface area contributed by atoms with Gasteiger partial charge in [-0.25, -0.2) is 4.98 Å². The van der Waals surface area contributed by atoms with Crippen molar-refractivity contribution in [2.45, 2.75) is 47.9 Å². The standard InChI is InChI=1S/C21H20BrN5O4S/c1-2-28-19-17(26-27-24)18-15(11-29-20(31-18)12-6-4-3-5-7-12)30-21(19)32-16-8-13(22)10-25-14(16)9-23/h3-8,10,15,17-21H,2,11H2,1H3/t15?,17?,18-,19?,20?,21+/m0/s1. The third-order valence-corrected chi connectivity index (χ3v) is 6.70. The second-order valence-corrected chi connectivity index (χ2v) is 9.12. The van der Waals surface area contributed by atoms with Crippen LogP contribution < -0.4 is 0 Å². The first-order valence-electron chi connectivity index (χ1n) is 10.00. The van der Waals surface area contributed by atoms with Crippen LogP contribution in [-0.4, -0.2) is 48.0 Å². The second-order valence-electron chi connectivity index (χ2n) is 7.06. The monoisotopic (exact) mass is 517 g/mol. The van der Waals surface area contributed by atoms with Crippen molar-refractivity contribution in [2.24, 2.45) is 5.11 Å². The lowest BCUT2D eigenvalue weighted by Crippen LogP contribution is -2.60. The van der Waals surface area contributed by atoms with Crippen LogP contribution in [0.15, 0.2) is 57.1 Å². The van der Waals surface area contributed by atoms with Gasteiger partial charge in [0.15, 0.2) is 12.0 Å². The molecular formula is C21H20BrN5O4S. The third-order valence-electron chi connectivity index (χ3n) is 5.09. The number of nitriles is 1. The highest BCUT2D eigenvalue weighted by molar-refractivity contribution is 9.10. The number of rotatable bonds is 6. The Bertz CT molecular complexity index is 1030. The van der Waals surface area contributed by atoms with Crippen LogP contribution in [0.2, 0.25) is 0 Å². The van der Waals surface area contributed by atoms with E-state index in [-0.39, 0.29) is 12.3 Å².